The van der Waals surface area contributed by atoms with Crippen LogP contribution < -0.4 is 16.0 Å². The Morgan fingerprint density at radius 2 is 2.10 bits per heavy atom. The molecule has 2 rings (SSSR count). The van der Waals surface area contributed by atoms with Gasteiger partial charge in [0.2, 0.25) is 10.0 Å². The minimum absolute atomic E-state index is 0.0637. The lowest BCUT2D eigenvalue weighted by Crippen LogP contribution is -2.47. The number of nitrogens with zero attached hydrogens (tertiary/aromatic N) is 1. The lowest BCUT2D eigenvalue weighted by Gasteiger charge is -2.34. The predicted octanol–water partition coefficient (Wildman–Crippen LogP) is 0.336. The molecule has 0 unspecified atom stereocenters. The van der Waals surface area contributed by atoms with Crippen molar-refractivity contribution in [1.29, 1.82) is 0 Å². The number of nitrogens with one attached hydrogen (secondary N) is 2. The van der Waals surface area contributed by atoms with Gasteiger partial charge in [0.05, 0.1) is 15.9 Å². The lowest BCUT2D eigenvalue weighted by atomic mass is 9.90. The number of rotatable bonds is 6. The molecule has 1 saturated carbocycles. The van der Waals surface area contributed by atoms with Crippen molar-refractivity contribution in [3.8, 4) is 0 Å². The molecule has 9 nitrogen and oxygen atoms in total. The first-order chi connectivity index (χ1) is 9.87. The van der Waals surface area contributed by atoms with Crippen LogP contribution in [0, 0.1) is 10.1 Å². The van der Waals surface area contributed by atoms with Crippen LogP contribution in [-0.4, -0.2) is 32.6 Å². The highest BCUT2D eigenvalue weighted by molar-refractivity contribution is 7.89. The van der Waals surface area contributed by atoms with Gasteiger partial charge in [-0.3, -0.25) is 16.0 Å². The summed E-state index contributed by atoms with van der Waals surface area (Å²) in [6.07, 6.45) is 1.27. The van der Waals surface area contributed by atoms with E-state index in [4.69, 9.17) is 10.6 Å². The average molecular weight is 316 g/mol. The fourth-order valence-electron chi connectivity index (χ4n) is 2.10. The van der Waals surface area contributed by atoms with E-state index in [1.54, 1.807) is 7.11 Å². The summed E-state index contributed by atoms with van der Waals surface area (Å²) in [5.74, 6) is 5.19. The molecule has 0 heterocycles. The Balaban J connectivity index is 2.19. The highest BCUT2D eigenvalue weighted by Crippen LogP contribution is 2.28. The van der Waals surface area contributed by atoms with E-state index in [-0.39, 0.29) is 28.4 Å². The van der Waals surface area contributed by atoms with Gasteiger partial charge < -0.3 is 10.2 Å². The van der Waals surface area contributed by atoms with Crippen LogP contribution in [0.4, 0.5) is 11.4 Å². The van der Waals surface area contributed by atoms with E-state index in [9.17, 15) is 18.5 Å². The zero-order chi connectivity index (χ0) is 15.6. The van der Waals surface area contributed by atoms with E-state index in [1.165, 1.54) is 6.07 Å². The Hall–Kier alpha value is -1.75. The Labute approximate surface area is 121 Å². The number of nitrogens with two attached hydrogens (primary N) is 1. The van der Waals surface area contributed by atoms with Gasteiger partial charge >= 0.3 is 0 Å². The minimum atomic E-state index is -3.75. The second-order valence-corrected chi connectivity index (χ2v) is 6.44. The van der Waals surface area contributed by atoms with E-state index >= 15 is 0 Å². The Morgan fingerprint density at radius 1 is 1.43 bits per heavy atom. The van der Waals surface area contributed by atoms with Crippen molar-refractivity contribution >= 4 is 21.4 Å². The number of sulfonamides is 1. The molecule has 1 aliphatic carbocycles. The monoisotopic (exact) mass is 316 g/mol. The second-order valence-electron chi connectivity index (χ2n) is 4.73. The molecule has 1 aromatic carbocycles. The van der Waals surface area contributed by atoms with Crippen LogP contribution in [0.15, 0.2) is 23.1 Å². The number of anilines is 1. The van der Waals surface area contributed by atoms with Gasteiger partial charge in [-0.25, -0.2) is 13.1 Å². The van der Waals surface area contributed by atoms with Crippen LogP contribution in [0.5, 0.6) is 0 Å². The summed E-state index contributed by atoms with van der Waals surface area (Å²) < 4.78 is 32.0. The van der Waals surface area contributed by atoms with Crippen molar-refractivity contribution in [3.63, 3.8) is 0 Å². The van der Waals surface area contributed by atoms with E-state index in [0.717, 1.165) is 12.1 Å². The molecule has 0 spiro atoms. The van der Waals surface area contributed by atoms with Crippen molar-refractivity contribution in [3.05, 3.63) is 28.3 Å². The van der Waals surface area contributed by atoms with Crippen molar-refractivity contribution in [2.24, 2.45) is 5.84 Å². The summed E-state index contributed by atoms with van der Waals surface area (Å²) in [5.41, 5.74) is 1.78. The topological polar surface area (TPSA) is 137 Å². The van der Waals surface area contributed by atoms with Crippen molar-refractivity contribution in [1.82, 2.24) is 4.72 Å². The fourth-order valence-corrected chi connectivity index (χ4v) is 3.39. The third-order valence-corrected chi connectivity index (χ3v) is 4.90. The lowest BCUT2D eigenvalue weighted by molar-refractivity contribution is -0.384. The first kappa shape index (κ1) is 15.6. The molecule has 1 aromatic rings. The zero-order valence-corrected chi connectivity index (χ0v) is 12.1. The molecule has 0 bridgehead atoms. The van der Waals surface area contributed by atoms with Gasteiger partial charge in [0.25, 0.3) is 5.69 Å². The van der Waals surface area contributed by atoms with Gasteiger partial charge in [0.15, 0.2) is 0 Å². The molecule has 0 amide bonds. The number of hydrogen-bond acceptors (Lipinski definition) is 7. The van der Waals surface area contributed by atoms with E-state index < -0.39 is 14.9 Å². The van der Waals surface area contributed by atoms with E-state index in [0.29, 0.717) is 12.8 Å². The van der Waals surface area contributed by atoms with Gasteiger partial charge in [-0.1, -0.05) is 0 Å². The first-order valence-corrected chi connectivity index (χ1v) is 7.66. The summed E-state index contributed by atoms with van der Waals surface area (Å²) in [6, 6.07) is 3.22. The molecule has 0 aromatic heterocycles. The number of hydrogen-bond donors (Lipinski definition) is 3. The third-order valence-electron chi connectivity index (χ3n) is 3.38. The Kier molecular flexibility index (Phi) is 4.42. The van der Waals surface area contributed by atoms with Crippen LogP contribution in [0.1, 0.15) is 12.8 Å². The number of nitro groups is 1. The largest absolute Gasteiger partial charge is 0.381 e. The Bertz CT molecular complexity index is 642. The van der Waals surface area contributed by atoms with Crippen molar-refractivity contribution in [2.75, 3.05) is 12.5 Å². The summed E-state index contributed by atoms with van der Waals surface area (Å²) >= 11 is 0. The first-order valence-electron chi connectivity index (χ1n) is 6.17. The summed E-state index contributed by atoms with van der Waals surface area (Å²) in [5, 5.41) is 10.8. The third kappa shape index (κ3) is 3.29. The summed E-state index contributed by atoms with van der Waals surface area (Å²) in [4.78, 5) is 10.0. The molecule has 116 valence electrons. The maximum absolute atomic E-state index is 12.2. The van der Waals surface area contributed by atoms with Crippen molar-refractivity contribution in [2.45, 2.75) is 29.9 Å². The SMILES string of the molecule is COC1CC(NS(=O)(=O)c2ccc([N+](=O)[O-])c(NN)c2)C1. The number of benzene rings is 1. The fraction of sp³-hybridized carbons (Fsp3) is 0.455. The standard InChI is InChI=1S/C11H16N4O5S/c1-20-8-4-7(5-8)14-21(18,19)9-2-3-11(15(16)17)10(6-9)13-12/h2-3,6-8,13-14H,4-5,12H2,1H3. The maximum atomic E-state index is 12.2. The second kappa shape index (κ2) is 5.93. The van der Waals surface area contributed by atoms with Gasteiger partial charge in [-0.15, -0.1) is 0 Å². The van der Waals surface area contributed by atoms with E-state index in [2.05, 4.69) is 10.1 Å². The average Bonchev–Trinajstić information content (AvgIpc) is 2.41. The predicted molar refractivity (Wildman–Crippen MR) is 75.0 cm³/mol. The minimum Gasteiger partial charge on any atom is -0.381 e. The summed E-state index contributed by atoms with van der Waals surface area (Å²) in [7, 11) is -2.18. The highest BCUT2D eigenvalue weighted by Gasteiger charge is 2.33. The zero-order valence-electron chi connectivity index (χ0n) is 11.3. The van der Waals surface area contributed by atoms with Crippen LogP contribution in [0.3, 0.4) is 0 Å². The molecule has 4 N–H and O–H groups in total. The molecule has 1 fully saturated rings. The molecule has 0 saturated heterocycles. The van der Waals surface area contributed by atoms with E-state index in [1.807, 2.05) is 0 Å². The molecule has 0 aliphatic heterocycles. The van der Waals surface area contributed by atoms with Crippen LogP contribution in [0.2, 0.25) is 0 Å². The number of hydrazine groups is 1. The molecule has 0 radical (unpaired) electrons. The van der Waals surface area contributed by atoms with Gasteiger partial charge in [-0.2, -0.15) is 0 Å². The highest BCUT2D eigenvalue weighted by atomic mass is 32.2. The number of nitro benzene ring substituents is 1. The molecule has 0 atom stereocenters. The maximum Gasteiger partial charge on any atom is 0.293 e. The number of methoxy groups -OCH3 is 1. The molecular weight excluding hydrogens is 300 g/mol. The number of ether oxygens (including phenoxy) is 1. The van der Waals surface area contributed by atoms with Crippen molar-refractivity contribution < 1.29 is 18.1 Å². The summed E-state index contributed by atoms with van der Waals surface area (Å²) in [6.45, 7) is 0. The quantitative estimate of drug-likeness (QED) is 0.391. The Morgan fingerprint density at radius 3 is 2.62 bits per heavy atom. The molecule has 21 heavy (non-hydrogen) atoms. The molecule has 10 heteroatoms. The van der Waals surface area contributed by atoms with Gasteiger partial charge in [0, 0.05) is 19.2 Å². The van der Waals surface area contributed by atoms with Gasteiger partial charge in [0.1, 0.15) is 5.69 Å². The molecular formula is C11H16N4O5S. The van der Waals surface area contributed by atoms with Gasteiger partial charge in [-0.05, 0) is 25.0 Å². The number of nitrogen functional groups attached to an aromatic ring is 1. The van der Waals surface area contributed by atoms with Crippen LogP contribution in [-0.2, 0) is 14.8 Å². The van der Waals surface area contributed by atoms with Crippen LogP contribution >= 0.6 is 0 Å². The van der Waals surface area contributed by atoms with Crippen LogP contribution in [0.25, 0.3) is 0 Å². The normalized spacial score (nSPS) is 21.6. The molecule has 1 aliphatic rings. The smallest absolute Gasteiger partial charge is 0.293 e.